The number of nitrogens with two attached hydrogens (primary N) is 1. The lowest BCUT2D eigenvalue weighted by molar-refractivity contribution is 0.188. The smallest absolute Gasteiger partial charge is 0.315 e. The van der Waals surface area contributed by atoms with Crippen molar-refractivity contribution >= 4 is 6.03 Å². The van der Waals surface area contributed by atoms with Gasteiger partial charge >= 0.3 is 6.03 Å². The Labute approximate surface area is 118 Å². The Morgan fingerprint density at radius 2 is 2.30 bits per heavy atom. The summed E-state index contributed by atoms with van der Waals surface area (Å²) in [6.07, 6.45) is 0.867. The van der Waals surface area contributed by atoms with E-state index in [0.29, 0.717) is 26.3 Å². The van der Waals surface area contributed by atoms with E-state index in [0.717, 1.165) is 17.5 Å². The van der Waals surface area contributed by atoms with Crippen molar-refractivity contribution < 1.29 is 9.53 Å². The average Bonchev–Trinajstić information content (AvgIpc) is 2.96. The average molecular weight is 273 g/mol. The zero-order chi connectivity index (χ0) is 14.2. The molecule has 1 aromatic carbocycles. The largest absolute Gasteiger partial charge is 0.379 e. The maximum absolute atomic E-state index is 11.8. The van der Waals surface area contributed by atoms with Gasteiger partial charge in [0.2, 0.25) is 0 Å². The molecule has 0 aliphatic carbocycles. The highest BCUT2D eigenvalue weighted by Gasteiger charge is 2.17. The first-order valence-corrected chi connectivity index (χ1v) is 6.68. The van der Waals surface area contributed by atoms with Crippen LogP contribution in [0.3, 0.4) is 0 Å². The first-order valence-electron chi connectivity index (χ1n) is 6.68. The van der Waals surface area contributed by atoms with E-state index in [1.54, 1.807) is 0 Å². The van der Waals surface area contributed by atoms with Crippen LogP contribution in [-0.4, -0.2) is 31.8 Å². The number of ether oxygens (including phenoxy) is 1. The van der Waals surface area contributed by atoms with Gasteiger partial charge in [0.05, 0.1) is 19.2 Å². The monoisotopic (exact) mass is 273 g/mol. The summed E-state index contributed by atoms with van der Waals surface area (Å²) in [6.45, 7) is 2.06. The summed E-state index contributed by atoms with van der Waals surface area (Å²) in [5.74, 6) is 5.83. The molecule has 0 spiro atoms. The standard InChI is InChI=1S/C15H19N3O2/c16-8-3-6-12-4-1-2-5-13(12)10-17-15(19)18-14-7-9-20-11-14/h1-2,4-5,14H,7-11,16H2,(H2,17,18,19). The molecule has 0 saturated carbocycles. The van der Waals surface area contributed by atoms with Gasteiger partial charge in [0.15, 0.2) is 0 Å². The van der Waals surface area contributed by atoms with E-state index in [1.165, 1.54) is 0 Å². The number of hydrogen-bond acceptors (Lipinski definition) is 3. The van der Waals surface area contributed by atoms with E-state index >= 15 is 0 Å². The molecule has 1 unspecified atom stereocenters. The van der Waals surface area contributed by atoms with Gasteiger partial charge in [-0.3, -0.25) is 0 Å². The van der Waals surface area contributed by atoms with Gasteiger partial charge < -0.3 is 21.1 Å². The number of carbonyl (C=O) groups excluding carboxylic acids is 1. The highest BCUT2D eigenvalue weighted by Crippen LogP contribution is 2.07. The van der Waals surface area contributed by atoms with Crippen molar-refractivity contribution in [2.45, 2.75) is 19.0 Å². The molecule has 1 saturated heterocycles. The highest BCUT2D eigenvalue weighted by atomic mass is 16.5. The fourth-order valence-corrected chi connectivity index (χ4v) is 2.00. The van der Waals surface area contributed by atoms with E-state index < -0.39 is 0 Å². The van der Waals surface area contributed by atoms with Crippen molar-refractivity contribution in [3.05, 3.63) is 35.4 Å². The Kier molecular flexibility index (Phi) is 5.42. The summed E-state index contributed by atoms with van der Waals surface area (Å²) < 4.78 is 5.21. The third-order valence-corrected chi connectivity index (χ3v) is 3.05. The molecule has 1 fully saturated rings. The Bertz CT molecular complexity index is 513. The molecule has 5 nitrogen and oxygen atoms in total. The summed E-state index contributed by atoms with van der Waals surface area (Å²) in [5, 5.41) is 5.72. The van der Waals surface area contributed by atoms with Gasteiger partial charge in [0.1, 0.15) is 0 Å². The van der Waals surface area contributed by atoms with Crippen molar-refractivity contribution in [2.75, 3.05) is 19.8 Å². The van der Waals surface area contributed by atoms with Gasteiger partial charge in [-0.2, -0.15) is 0 Å². The number of rotatable bonds is 3. The first kappa shape index (κ1) is 14.4. The quantitative estimate of drug-likeness (QED) is 0.705. The number of nitrogens with one attached hydrogen (secondary N) is 2. The molecular formula is C15H19N3O2. The van der Waals surface area contributed by atoms with Gasteiger partial charge in [-0.15, -0.1) is 0 Å². The van der Waals surface area contributed by atoms with E-state index in [2.05, 4.69) is 22.5 Å². The molecule has 1 aliphatic rings. The number of benzene rings is 1. The van der Waals surface area contributed by atoms with Crippen molar-refractivity contribution in [2.24, 2.45) is 5.73 Å². The summed E-state index contributed by atoms with van der Waals surface area (Å²) >= 11 is 0. The first-order chi connectivity index (χ1) is 9.79. The Hall–Kier alpha value is -2.03. The van der Waals surface area contributed by atoms with Crippen molar-refractivity contribution in [1.29, 1.82) is 0 Å². The lowest BCUT2D eigenvalue weighted by Gasteiger charge is -2.12. The molecule has 1 aromatic rings. The Morgan fingerprint density at radius 1 is 1.45 bits per heavy atom. The fourth-order valence-electron chi connectivity index (χ4n) is 2.00. The van der Waals surface area contributed by atoms with E-state index in [1.807, 2.05) is 24.3 Å². The minimum atomic E-state index is -0.179. The van der Waals surface area contributed by atoms with Gasteiger partial charge in [0, 0.05) is 18.7 Å². The summed E-state index contributed by atoms with van der Waals surface area (Å²) in [6, 6.07) is 7.64. The molecule has 5 heteroatoms. The van der Waals surface area contributed by atoms with E-state index in [-0.39, 0.29) is 12.1 Å². The predicted octanol–water partition coefficient (Wildman–Crippen LogP) is 0.585. The number of urea groups is 1. The van der Waals surface area contributed by atoms with E-state index in [4.69, 9.17) is 10.5 Å². The number of hydrogen-bond donors (Lipinski definition) is 3. The van der Waals surface area contributed by atoms with Crippen LogP contribution in [0.5, 0.6) is 0 Å². The molecule has 0 bridgehead atoms. The Morgan fingerprint density at radius 3 is 3.05 bits per heavy atom. The van der Waals surface area contributed by atoms with Crippen molar-refractivity contribution in [3.8, 4) is 11.8 Å². The van der Waals surface area contributed by atoms with Gasteiger partial charge in [-0.1, -0.05) is 30.0 Å². The maximum Gasteiger partial charge on any atom is 0.315 e. The minimum Gasteiger partial charge on any atom is -0.379 e. The highest BCUT2D eigenvalue weighted by molar-refractivity contribution is 5.74. The van der Waals surface area contributed by atoms with Crippen LogP contribution in [-0.2, 0) is 11.3 Å². The summed E-state index contributed by atoms with van der Waals surface area (Å²) in [7, 11) is 0. The van der Waals surface area contributed by atoms with Crippen molar-refractivity contribution in [3.63, 3.8) is 0 Å². The van der Waals surface area contributed by atoms with Crippen LogP contribution >= 0.6 is 0 Å². The summed E-state index contributed by atoms with van der Waals surface area (Å²) in [4.78, 5) is 11.8. The van der Waals surface area contributed by atoms with E-state index in [9.17, 15) is 4.79 Å². The van der Waals surface area contributed by atoms with Crippen LogP contribution in [0.4, 0.5) is 4.79 Å². The third kappa shape index (κ3) is 4.26. The van der Waals surface area contributed by atoms with Crippen LogP contribution < -0.4 is 16.4 Å². The fraction of sp³-hybridized carbons (Fsp3) is 0.400. The maximum atomic E-state index is 11.8. The topological polar surface area (TPSA) is 76.4 Å². The molecule has 4 N–H and O–H groups in total. The van der Waals surface area contributed by atoms with Gasteiger partial charge in [-0.25, -0.2) is 4.79 Å². The Balaban J connectivity index is 1.88. The molecule has 20 heavy (non-hydrogen) atoms. The van der Waals surface area contributed by atoms with Crippen LogP contribution in [0.15, 0.2) is 24.3 Å². The SMILES string of the molecule is NCC#Cc1ccccc1CNC(=O)NC1CCOC1. The predicted molar refractivity (Wildman–Crippen MR) is 77.0 cm³/mol. The molecule has 1 heterocycles. The second-order valence-electron chi connectivity index (χ2n) is 4.55. The molecule has 2 amide bonds. The molecule has 106 valence electrons. The zero-order valence-electron chi connectivity index (χ0n) is 11.3. The van der Waals surface area contributed by atoms with Gasteiger partial charge in [0.25, 0.3) is 0 Å². The second kappa shape index (κ2) is 7.53. The normalized spacial score (nSPS) is 17.1. The van der Waals surface area contributed by atoms with Crippen molar-refractivity contribution in [1.82, 2.24) is 10.6 Å². The number of carbonyl (C=O) groups is 1. The number of amides is 2. The lowest BCUT2D eigenvalue weighted by atomic mass is 10.1. The van der Waals surface area contributed by atoms with Gasteiger partial charge in [-0.05, 0) is 18.1 Å². The second-order valence-corrected chi connectivity index (χ2v) is 4.55. The minimum absolute atomic E-state index is 0.113. The van der Waals surface area contributed by atoms with Crippen LogP contribution in [0, 0.1) is 11.8 Å². The van der Waals surface area contributed by atoms with Crippen LogP contribution in [0.2, 0.25) is 0 Å². The molecule has 1 atom stereocenters. The van der Waals surface area contributed by atoms with Crippen LogP contribution in [0.25, 0.3) is 0 Å². The zero-order valence-corrected chi connectivity index (χ0v) is 11.3. The lowest BCUT2D eigenvalue weighted by Crippen LogP contribution is -2.42. The molecular weight excluding hydrogens is 254 g/mol. The molecule has 0 aromatic heterocycles. The molecule has 1 aliphatic heterocycles. The molecule has 2 rings (SSSR count). The third-order valence-electron chi connectivity index (χ3n) is 3.05. The summed E-state index contributed by atoms with van der Waals surface area (Å²) in [5.41, 5.74) is 7.24. The molecule has 0 radical (unpaired) electrons. The van der Waals surface area contributed by atoms with Crippen LogP contribution in [0.1, 0.15) is 17.5 Å².